The second-order valence-corrected chi connectivity index (χ2v) is 4.25. The SMILES string of the molecule is CCOc1ccc(C(CC(=O)O)n2cccc2)cc1. The van der Waals surface area contributed by atoms with E-state index in [9.17, 15) is 4.79 Å². The molecule has 0 bridgehead atoms. The third kappa shape index (κ3) is 3.37. The van der Waals surface area contributed by atoms with E-state index in [1.165, 1.54) is 0 Å². The van der Waals surface area contributed by atoms with Gasteiger partial charge in [-0.3, -0.25) is 4.79 Å². The minimum Gasteiger partial charge on any atom is -0.494 e. The molecule has 1 aromatic heterocycles. The number of ether oxygens (including phenoxy) is 1. The van der Waals surface area contributed by atoms with Crippen LogP contribution in [-0.2, 0) is 4.79 Å². The number of carboxylic acid groups (broad SMARTS) is 1. The van der Waals surface area contributed by atoms with E-state index in [2.05, 4.69) is 0 Å². The molecule has 0 radical (unpaired) electrons. The average Bonchev–Trinajstić information content (AvgIpc) is 2.91. The van der Waals surface area contributed by atoms with Crippen molar-refractivity contribution in [1.82, 2.24) is 4.57 Å². The Morgan fingerprint density at radius 3 is 2.42 bits per heavy atom. The quantitative estimate of drug-likeness (QED) is 0.867. The number of benzene rings is 1. The summed E-state index contributed by atoms with van der Waals surface area (Å²) in [5, 5.41) is 9.04. The van der Waals surface area contributed by atoms with Gasteiger partial charge in [-0.25, -0.2) is 0 Å². The Morgan fingerprint density at radius 1 is 1.26 bits per heavy atom. The first-order chi connectivity index (χ1) is 9.20. The van der Waals surface area contributed by atoms with Gasteiger partial charge in [0.1, 0.15) is 5.75 Å². The van der Waals surface area contributed by atoms with Crippen LogP contribution in [0.3, 0.4) is 0 Å². The lowest BCUT2D eigenvalue weighted by Crippen LogP contribution is -2.13. The Bertz CT molecular complexity index is 517. The maximum Gasteiger partial charge on any atom is 0.305 e. The number of rotatable bonds is 6. The molecule has 0 fully saturated rings. The summed E-state index contributed by atoms with van der Waals surface area (Å²) >= 11 is 0. The van der Waals surface area contributed by atoms with Crippen LogP contribution >= 0.6 is 0 Å². The molecule has 1 atom stereocenters. The van der Waals surface area contributed by atoms with Gasteiger partial charge in [0.25, 0.3) is 0 Å². The fourth-order valence-electron chi connectivity index (χ4n) is 2.07. The molecule has 0 aliphatic heterocycles. The van der Waals surface area contributed by atoms with Crippen LogP contribution in [0.25, 0.3) is 0 Å². The normalized spacial score (nSPS) is 12.1. The van der Waals surface area contributed by atoms with Crippen molar-refractivity contribution in [2.45, 2.75) is 19.4 Å². The predicted octanol–water partition coefficient (Wildman–Crippen LogP) is 2.95. The number of nitrogens with zero attached hydrogens (tertiary/aromatic N) is 1. The van der Waals surface area contributed by atoms with Gasteiger partial charge in [-0.15, -0.1) is 0 Å². The minimum atomic E-state index is -0.812. The third-order valence-electron chi connectivity index (χ3n) is 2.93. The fraction of sp³-hybridized carbons (Fsp3) is 0.267. The number of carboxylic acids is 1. The first-order valence-corrected chi connectivity index (χ1v) is 6.27. The summed E-state index contributed by atoms with van der Waals surface area (Å²) in [6.07, 6.45) is 3.82. The van der Waals surface area contributed by atoms with Gasteiger partial charge in [0, 0.05) is 12.4 Å². The van der Waals surface area contributed by atoms with E-state index in [1.54, 1.807) is 0 Å². The number of aliphatic carboxylic acids is 1. The van der Waals surface area contributed by atoms with Crippen LogP contribution in [-0.4, -0.2) is 22.2 Å². The maximum atomic E-state index is 11.0. The highest BCUT2D eigenvalue weighted by Crippen LogP contribution is 2.24. The Balaban J connectivity index is 2.25. The van der Waals surface area contributed by atoms with Crippen molar-refractivity contribution in [2.24, 2.45) is 0 Å². The molecule has 1 N–H and O–H groups in total. The van der Waals surface area contributed by atoms with Crippen LogP contribution < -0.4 is 4.74 Å². The average molecular weight is 259 g/mol. The summed E-state index contributed by atoms with van der Waals surface area (Å²) in [7, 11) is 0. The van der Waals surface area contributed by atoms with Crippen LogP contribution in [0, 0.1) is 0 Å². The standard InChI is InChI=1S/C15H17NO3/c1-2-19-13-7-5-12(6-8-13)14(11-15(17)18)16-9-3-4-10-16/h3-10,14H,2,11H2,1H3,(H,17,18). The van der Waals surface area contributed by atoms with E-state index < -0.39 is 5.97 Å². The fourth-order valence-corrected chi connectivity index (χ4v) is 2.07. The maximum absolute atomic E-state index is 11.0. The Morgan fingerprint density at radius 2 is 1.89 bits per heavy atom. The smallest absolute Gasteiger partial charge is 0.305 e. The second kappa shape index (κ2) is 6.09. The molecule has 0 amide bonds. The molecule has 1 unspecified atom stereocenters. The Hall–Kier alpha value is -2.23. The lowest BCUT2D eigenvalue weighted by molar-refractivity contribution is -0.137. The molecule has 1 heterocycles. The van der Waals surface area contributed by atoms with Crippen LogP contribution in [0.5, 0.6) is 5.75 Å². The van der Waals surface area contributed by atoms with Crippen molar-refractivity contribution in [2.75, 3.05) is 6.61 Å². The summed E-state index contributed by atoms with van der Waals surface area (Å²) in [5.41, 5.74) is 0.960. The van der Waals surface area contributed by atoms with Gasteiger partial charge >= 0.3 is 5.97 Å². The molecular formula is C15H17NO3. The van der Waals surface area contributed by atoms with Crippen molar-refractivity contribution in [3.05, 3.63) is 54.4 Å². The molecule has 2 rings (SSSR count). The topological polar surface area (TPSA) is 51.5 Å². The molecular weight excluding hydrogens is 242 g/mol. The summed E-state index contributed by atoms with van der Waals surface area (Å²) in [6.45, 7) is 2.55. The van der Waals surface area contributed by atoms with Gasteiger partial charge in [-0.2, -0.15) is 0 Å². The highest BCUT2D eigenvalue weighted by molar-refractivity contribution is 5.68. The molecule has 0 aliphatic rings. The first kappa shape index (κ1) is 13.2. The number of carbonyl (C=O) groups is 1. The third-order valence-corrected chi connectivity index (χ3v) is 2.93. The Labute approximate surface area is 112 Å². The van der Waals surface area contributed by atoms with E-state index in [0.717, 1.165) is 11.3 Å². The van der Waals surface area contributed by atoms with E-state index >= 15 is 0 Å². The van der Waals surface area contributed by atoms with Gasteiger partial charge in [-0.05, 0) is 36.8 Å². The molecule has 0 aliphatic carbocycles. The Kier molecular flexibility index (Phi) is 4.23. The molecule has 0 spiro atoms. The van der Waals surface area contributed by atoms with Gasteiger partial charge < -0.3 is 14.4 Å². The monoisotopic (exact) mass is 259 g/mol. The summed E-state index contributed by atoms with van der Waals surface area (Å²) in [5.74, 6) is -0.0135. The van der Waals surface area contributed by atoms with Crippen LogP contribution in [0.1, 0.15) is 24.9 Å². The number of aromatic nitrogens is 1. The number of hydrogen-bond acceptors (Lipinski definition) is 2. The zero-order valence-electron chi connectivity index (χ0n) is 10.8. The van der Waals surface area contributed by atoms with Gasteiger partial charge in [0.2, 0.25) is 0 Å². The molecule has 19 heavy (non-hydrogen) atoms. The highest BCUT2D eigenvalue weighted by Gasteiger charge is 2.16. The van der Waals surface area contributed by atoms with Gasteiger partial charge in [0.05, 0.1) is 19.1 Å². The molecule has 0 saturated carbocycles. The van der Waals surface area contributed by atoms with Crippen LogP contribution in [0.2, 0.25) is 0 Å². The van der Waals surface area contributed by atoms with Crippen molar-refractivity contribution in [3.8, 4) is 5.75 Å². The van der Waals surface area contributed by atoms with E-state index in [4.69, 9.17) is 9.84 Å². The molecule has 1 aromatic carbocycles. The molecule has 2 aromatic rings. The van der Waals surface area contributed by atoms with E-state index in [1.807, 2.05) is 60.3 Å². The van der Waals surface area contributed by atoms with Crippen LogP contribution in [0.15, 0.2) is 48.8 Å². The lowest BCUT2D eigenvalue weighted by Gasteiger charge is -2.18. The van der Waals surface area contributed by atoms with Crippen LogP contribution in [0.4, 0.5) is 0 Å². The van der Waals surface area contributed by atoms with Gasteiger partial charge in [0.15, 0.2) is 0 Å². The first-order valence-electron chi connectivity index (χ1n) is 6.27. The summed E-state index contributed by atoms with van der Waals surface area (Å²) in [4.78, 5) is 11.0. The second-order valence-electron chi connectivity index (χ2n) is 4.25. The van der Waals surface area contributed by atoms with Crippen molar-refractivity contribution in [1.29, 1.82) is 0 Å². The summed E-state index contributed by atoms with van der Waals surface area (Å²) < 4.78 is 7.30. The molecule has 0 saturated heterocycles. The molecule has 4 heteroatoms. The lowest BCUT2D eigenvalue weighted by atomic mass is 10.0. The van der Waals surface area contributed by atoms with Crippen molar-refractivity contribution >= 4 is 5.97 Å². The molecule has 100 valence electrons. The zero-order chi connectivity index (χ0) is 13.7. The van der Waals surface area contributed by atoms with Gasteiger partial charge in [-0.1, -0.05) is 12.1 Å². The molecule has 4 nitrogen and oxygen atoms in total. The largest absolute Gasteiger partial charge is 0.494 e. The van der Waals surface area contributed by atoms with Crippen molar-refractivity contribution < 1.29 is 14.6 Å². The predicted molar refractivity (Wildman–Crippen MR) is 72.4 cm³/mol. The van der Waals surface area contributed by atoms with E-state index in [-0.39, 0.29) is 12.5 Å². The summed E-state index contributed by atoms with van der Waals surface area (Å²) in [6, 6.07) is 11.2. The zero-order valence-corrected chi connectivity index (χ0v) is 10.8. The number of hydrogen-bond donors (Lipinski definition) is 1. The highest BCUT2D eigenvalue weighted by atomic mass is 16.5. The van der Waals surface area contributed by atoms with E-state index in [0.29, 0.717) is 6.61 Å². The minimum absolute atomic E-state index is 0.0582. The van der Waals surface area contributed by atoms with Crippen molar-refractivity contribution in [3.63, 3.8) is 0 Å².